The molecule has 2 unspecified atom stereocenters. The SMILES string of the molecule is NCC(C1CCCCN1)N1CCCCC1. The Balaban J connectivity index is 1.88. The van der Waals surface area contributed by atoms with Crippen LogP contribution in [0.25, 0.3) is 0 Å². The topological polar surface area (TPSA) is 41.3 Å². The summed E-state index contributed by atoms with van der Waals surface area (Å²) in [5.74, 6) is 0. The van der Waals surface area contributed by atoms with Crippen LogP contribution in [0.4, 0.5) is 0 Å². The third kappa shape index (κ3) is 2.92. The molecule has 2 aliphatic heterocycles. The molecule has 15 heavy (non-hydrogen) atoms. The first-order valence-electron chi connectivity index (χ1n) is 6.59. The molecule has 3 N–H and O–H groups in total. The number of nitrogens with zero attached hydrogens (tertiary/aromatic N) is 1. The predicted molar refractivity (Wildman–Crippen MR) is 63.9 cm³/mol. The Hall–Kier alpha value is -0.120. The van der Waals surface area contributed by atoms with Crippen LogP contribution in [-0.2, 0) is 0 Å². The summed E-state index contributed by atoms with van der Waals surface area (Å²) in [6.45, 7) is 4.53. The maximum atomic E-state index is 5.95. The molecule has 88 valence electrons. The number of nitrogens with one attached hydrogen (secondary N) is 1. The first kappa shape index (κ1) is 11.4. The summed E-state index contributed by atoms with van der Waals surface area (Å²) in [6.07, 6.45) is 8.17. The molecular weight excluding hydrogens is 186 g/mol. The van der Waals surface area contributed by atoms with Gasteiger partial charge in [-0.25, -0.2) is 0 Å². The van der Waals surface area contributed by atoms with Crippen LogP contribution >= 0.6 is 0 Å². The smallest absolute Gasteiger partial charge is 0.0371 e. The Labute approximate surface area is 93.4 Å². The van der Waals surface area contributed by atoms with Crippen molar-refractivity contribution in [2.24, 2.45) is 5.73 Å². The van der Waals surface area contributed by atoms with Crippen molar-refractivity contribution in [1.82, 2.24) is 10.2 Å². The third-order valence-corrected chi connectivity index (χ3v) is 3.91. The zero-order valence-corrected chi connectivity index (χ0v) is 9.75. The van der Waals surface area contributed by atoms with Crippen molar-refractivity contribution in [3.63, 3.8) is 0 Å². The molecular formula is C12H25N3. The van der Waals surface area contributed by atoms with E-state index in [1.807, 2.05) is 0 Å². The number of rotatable bonds is 3. The van der Waals surface area contributed by atoms with Gasteiger partial charge in [0.15, 0.2) is 0 Å². The van der Waals surface area contributed by atoms with E-state index in [1.54, 1.807) is 0 Å². The van der Waals surface area contributed by atoms with Gasteiger partial charge < -0.3 is 11.1 Å². The van der Waals surface area contributed by atoms with E-state index in [0.29, 0.717) is 12.1 Å². The highest BCUT2D eigenvalue weighted by molar-refractivity contribution is 4.88. The quantitative estimate of drug-likeness (QED) is 0.730. The van der Waals surface area contributed by atoms with Crippen molar-refractivity contribution in [1.29, 1.82) is 0 Å². The molecule has 0 aromatic carbocycles. The molecule has 2 rings (SSSR count). The van der Waals surface area contributed by atoms with E-state index < -0.39 is 0 Å². The van der Waals surface area contributed by atoms with Crippen LogP contribution in [0.3, 0.4) is 0 Å². The normalized spacial score (nSPS) is 31.4. The van der Waals surface area contributed by atoms with Gasteiger partial charge in [-0.2, -0.15) is 0 Å². The fourth-order valence-electron chi connectivity index (χ4n) is 3.03. The van der Waals surface area contributed by atoms with Crippen LogP contribution in [0.1, 0.15) is 38.5 Å². The van der Waals surface area contributed by atoms with E-state index in [4.69, 9.17) is 5.73 Å². The van der Waals surface area contributed by atoms with Gasteiger partial charge in [0, 0.05) is 18.6 Å². The van der Waals surface area contributed by atoms with Crippen molar-refractivity contribution >= 4 is 0 Å². The molecule has 2 saturated heterocycles. The van der Waals surface area contributed by atoms with Gasteiger partial charge in [0.25, 0.3) is 0 Å². The molecule has 0 bridgehead atoms. The standard InChI is InChI=1S/C12H25N3/c13-10-12(11-6-2-3-7-14-11)15-8-4-1-5-9-15/h11-12,14H,1-10,13H2. The molecule has 0 aliphatic carbocycles. The Morgan fingerprint density at radius 1 is 1.13 bits per heavy atom. The summed E-state index contributed by atoms with van der Waals surface area (Å²) in [5, 5.41) is 3.65. The first-order valence-corrected chi connectivity index (χ1v) is 6.59. The third-order valence-electron chi connectivity index (χ3n) is 3.91. The monoisotopic (exact) mass is 211 g/mol. The summed E-state index contributed by atoms with van der Waals surface area (Å²) in [6, 6.07) is 1.24. The molecule has 0 aromatic rings. The van der Waals surface area contributed by atoms with Crippen molar-refractivity contribution in [3.05, 3.63) is 0 Å². The van der Waals surface area contributed by atoms with E-state index in [1.165, 1.54) is 58.2 Å². The zero-order valence-electron chi connectivity index (χ0n) is 9.75. The predicted octanol–water partition coefficient (Wildman–Crippen LogP) is 0.942. The Morgan fingerprint density at radius 2 is 1.93 bits per heavy atom. The van der Waals surface area contributed by atoms with Gasteiger partial charge in [-0.1, -0.05) is 12.8 Å². The van der Waals surface area contributed by atoms with Crippen LogP contribution in [0.5, 0.6) is 0 Å². The lowest BCUT2D eigenvalue weighted by Crippen LogP contribution is -2.56. The van der Waals surface area contributed by atoms with E-state index >= 15 is 0 Å². The lowest BCUT2D eigenvalue weighted by molar-refractivity contribution is 0.123. The minimum Gasteiger partial charge on any atom is -0.329 e. The molecule has 3 heteroatoms. The largest absolute Gasteiger partial charge is 0.329 e. The number of hydrogen-bond acceptors (Lipinski definition) is 3. The van der Waals surface area contributed by atoms with Crippen LogP contribution in [-0.4, -0.2) is 43.2 Å². The number of nitrogens with two attached hydrogens (primary N) is 1. The number of likely N-dealkylation sites (tertiary alicyclic amines) is 1. The summed E-state index contributed by atoms with van der Waals surface area (Å²) in [5.41, 5.74) is 5.95. The summed E-state index contributed by atoms with van der Waals surface area (Å²) in [7, 11) is 0. The van der Waals surface area contributed by atoms with E-state index in [9.17, 15) is 0 Å². The first-order chi connectivity index (χ1) is 7.42. The Morgan fingerprint density at radius 3 is 2.53 bits per heavy atom. The Kier molecular flexibility index (Phi) is 4.42. The fourth-order valence-corrected chi connectivity index (χ4v) is 3.03. The second-order valence-corrected chi connectivity index (χ2v) is 4.96. The highest BCUT2D eigenvalue weighted by Crippen LogP contribution is 2.18. The van der Waals surface area contributed by atoms with Crippen LogP contribution in [0, 0.1) is 0 Å². The molecule has 0 radical (unpaired) electrons. The van der Waals surface area contributed by atoms with Crippen molar-refractivity contribution in [3.8, 4) is 0 Å². The fraction of sp³-hybridized carbons (Fsp3) is 1.00. The summed E-state index contributed by atoms with van der Waals surface area (Å²) in [4.78, 5) is 2.62. The highest BCUT2D eigenvalue weighted by Gasteiger charge is 2.27. The molecule has 0 amide bonds. The van der Waals surface area contributed by atoms with Crippen molar-refractivity contribution < 1.29 is 0 Å². The maximum Gasteiger partial charge on any atom is 0.0371 e. The highest BCUT2D eigenvalue weighted by atomic mass is 15.2. The minimum absolute atomic E-state index is 0.589. The molecule has 0 aromatic heterocycles. The van der Waals surface area contributed by atoms with Gasteiger partial charge in [-0.3, -0.25) is 4.90 Å². The molecule has 2 aliphatic rings. The minimum atomic E-state index is 0.589. The second-order valence-electron chi connectivity index (χ2n) is 4.96. The molecule has 2 fully saturated rings. The number of piperidine rings is 2. The summed E-state index contributed by atoms with van der Waals surface area (Å²) >= 11 is 0. The summed E-state index contributed by atoms with van der Waals surface area (Å²) < 4.78 is 0. The van der Waals surface area contributed by atoms with E-state index in [-0.39, 0.29) is 0 Å². The van der Waals surface area contributed by atoms with Gasteiger partial charge in [0.2, 0.25) is 0 Å². The Bertz CT molecular complexity index is 154. The molecule has 3 nitrogen and oxygen atoms in total. The van der Waals surface area contributed by atoms with Gasteiger partial charge in [-0.15, -0.1) is 0 Å². The molecule has 0 saturated carbocycles. The van der Waals surface area contributed by atoms with E-state index in [2.05, 4.69) is 10.2 Å². The number of hydrogen-bond donors (Lipinski definition) is 2. The van der Waals surface area contributed by atoms with E-state index in [0.717, 1.165) is 6.54 Å². The average Bonchev–Trinajstić information content (AvgIpc) is 2.33. The van der Waals surface area contributed by atoms with Crippen molar-refractivity contribution in [2.75, 3.05) is 26.2 Å². The lowest BCUT2D eigenvalue weighted by atomic mass is 9.95. The van der Waals surface area contributed by atoms with Gasteiger partial charge in [0.1, 0.15) is 0 Å². The van der Waals surface area contributed by atoms with Crippen LogP contribution in [0.15, 0.2) is 0 Å². The lowest BCUT2D eigenvalue weighted by Gasteiger charge is -2.40. The van der Waals surface area contributed by atoms with Crippen molar-refractivity contribution in [2.45, 2.75) is 50.6 Å². The zero-order chi connectivity index (χ0) is 10.5. The average molecular weight is 211 g/mol. The van der Waals surface area contributed by atoms with Gasteiger partial charge in [-0.05, 0) is 45.3 Å². The molecule has 2 atom stereocenters. The molecule has 0 spiro atoms. The van der Waals surface area contributed by atoms with Gasteiger partial charge >= 0.3 is 0 Å². The second kappa shape index (κ2) is 5.83. The van der Waals surface area contributed by atoms with Crippen LogP contribution < -0.4 is 11.1 Å². The van der Waals surface area contributed by atoms with Crippen LogP contribution in [0.2, 0.25) is 0 Å². The van der Waals surface area contributed by atoms with Gasteiger partial charge in [0.05, 0.1) is 0 Å². The molecule has 2 heterocycles. The maximum absolute atomic E-state index is 5.95.